The van der Waals surface area contributed by atoms with Gasteiger partial charge in [0.1, 0.15) is 11.2 Å². The van der Waals surface area contributed by atoms with Crippen molar-refractivity contribution in [3.05, 3.63) is 35.4 Å². The van der Waals surface area contributed by atoms with Crippen LogP contribution in [0.5, 0.6) is 0 Å². The SMILES string of the molecule is Cc1cccc(C2(C)CN(C(=O)OC(C)(C)C)CCO2)c1. The Kier molecular flexibility index (Phi) is 4.28. The minimum atomic E-state index is -0.485. The normalized spacial score (nSPS) is 23.0. The quantitative estimate of drug-likeness (QED) is 0.795. The van der Waals surface area contributed by atoms with E-state index in [1.54, 1.807) is 4.90 Å². The summed E-state index contributed by atoms with van der Waals surface area (Å²) >= 11 is 0. The topological polar surface area (TPSA) is 38.8 Å². The van der Waals surface area contributed by atoms with Crippen molar-refractivity contribution >= 4 is 6.09 Å². The van der Waals surface area contributed by atoms with E-state index < -0.39 is 11.2 Å². The van der Waals surface area contributed by atoms with Crippen molar-refractivity contribution in [2.45, 2.75) is 45.8 Å². The van der Waals surface area contributed by atoms with Crippen molar-refractivity contribution in [3.8, 4) is 0 Å². The maximum atomic E-state index is 12.2. The monoisotopic (exact) mass is 291 g/mol. The van der Waals surface area contributed by atoms with Gasteiger partial charge in [-0.3, -0.25) is 0 Å². The largest absolute Gasteiger partial charge is 0.444 e. The zero-order valence-electron chi connectivity index (χ0n) is 13.6. The molecule has 0 aliphatic carbocycles. The van der Waals surface area contributed by atoms with Gasteiger partial charge in [0.15, 0.2) is 0 Å². The molecule has 21 heavy (non-hydrogen) atoms. The number of benzene rings is 1. The van der Waals surface area contributed by atoms with E-state index >= 15 is 0 Å². The van der Waals surface area contributed by atoms with Gasteiger partial charge in [0.2, 0.25) is 0 Å². The highest BCUT2D eigenvalue weighted by Gasteiger charge is 2.37. The second-order valence-corrected chi connectivity index (χ2v) is 6.85. The Morgan fingerprint density at radius 3 is 2.71 bits per heavy atom. The van der Waals surface area contributed by atoms with Gasteiger partial charge in [-0.25, -0.2) is 4.79 Å². The van der Waals surface area contributed by atoms with Gasteiger partial charge in [0.05, 0.1) is 13.2 Å². The molecule has 0 aromatic heterocycles. The van der Waals surface area contributed by atoms with Crippen molar-refractivity contribution in [3.63, 3.8) is 0 Å². The zero-order valence-corrected chi connectivity index (χ0v) is 13.6. The van der Waals surface area contributed by atoms with Gasteiger partial charge < -0.3 is 14.4 Å². The second-order valence-electron chi connectivity index (χ2n) is 6.85. The summed E-state index contributed by atoms with van der Waals surface area (Å²) < 4.78 is 11.4. The second kappa shape index (κ2) is 5.68. The van der Waals surface area contributed by atoms with Gasteiger partial charge in [-0.2, -0.15) is 0 Å². The number of carbonyl (C=O) groups is 1. The summed E-state index contributed by atoms with van der Waals surface area (Å²) in [6.45, 7) is 11.3. The van der Waals surface area contributed by atoms with Gasteiger partial charge >= 0.3 is 6.09 Å². The summed E-state index contributed by atoms with van der Waals surface area (Å²) in [6, 6.07) is 8.23. The van der Waals surface area contributed by atoms with Gasteiger partial charge in [-0.1, -0.05) is 29.8 Å². The average molecular weight is 291 g/mol. The first-order valence-electron chi connectivity index (χ1n) is 7.39. The minimum absolute atomic E-state index is 0.273. The van der Waals surface area contributed by atoms with Gasteiger partial charge in [-0.15, -0.1) is 0 Å². The van der Waals surface area contributed by atoms with E-state index in [2.05, 4.69) is 19.1 Å². The number of ether oxygens (including phenoxy) is 2. The molecule has 1 amide bonds. The van der Waals surface area contributed by atoms with Crippen LogP contribution in [-0.2, 0) is 15.1 Å². The van der Waals surface area contributed by atoms with Crippen molar-refractivity contribution < 1.29 is 14.3 Å². The van der Waals surface area contributed by atoms with E-state index in [9.17, 15) is 4.79 Å². The van der Waals surface area contributed by atoms with E-state index in [4.69, 9.17) is 9.47 Å². The highest BCUT2D eigenvalue weighted by Crippen LogP contribution is 2.30. The van der Waals surface area contributed by atoms with E-state index in [0.717, 1.165) is 5.56 Å². The van der Waals surface area contributed by atoms with Crippen LogP contribution in [0, 0.1) is 6.92 Å². The number of morpholine rings is 1. The lowest BCUT2D eigenvalue weighted by Gasteiger charge is -2.41. The van der Waals surface area contributed by atoms with Crippen molar-refractivity contribution in [2.24, 2.45) is 0 Å². The standard InChI is InChI=1S/C17H25NO3/c1-13-7-6-8-14(11-13)17(5)12-18(9-10-20-17)15(19)21-16(2,3)4/h6-8,11H,9-10,12H2,1-5H3. The van der Waals surface area contributed by atoms with Crippen LogP contribution in [0.25, 0.3) is 0 Å². The fraction of sp³-hybridized carbons (Fsp3) is 0.588. The van der Waals surface area contributed by atoms with Crippen LogP contribution in [0.4, 0.5) is 4.79 Å². The summed E-state index contributed by atoms with van der Waals surface area (Å²) in [7, 11) is 0. The molecule has 0 saturated carbocycles. The maximum absolute atomic E-state index is 12.2. The molecule has 1 aliphatic heterocycles. The third-order valence-corrected chi connectivity index (χ3v) is 3.55. The molecular weight excluding hydrogens is 266 g/mol. The van der Waals surface area contributed by atoms with Gasteiger partial charge in [0, 0.05) is 6.54 Å². The van der Waals surface area contributed by atoms with Crippen LogP contribution in [0.3, 0.4) is 0 Å². The average Bonchev–Trinajstić information content (AvgIpc) is 2.37. The molecule has 0 N–H and O–H groups in total. The zero-order chi connectivity index (χ0) is 15.7. The minimum Gasteiger partial charge on any atom is -0.444 e. The third-order valence-electron chi connectivity index (χ3n) is 3.55. The van der Waals surface area contributed by atoms with Gasteiger partial charge in [0.25, 0.3) is 0 Å². The summed E-state index contributed by atoms with van der Waals surface area (Å²) in [4.78, 5) is 14.0. The van der Waals surface area contributed by atoms with E-state index in [0.29, 0.717) is 19.7 Å². The Morgan fingerprint density at radius 1 is 1.38 bits per heavy atom. The molecule has 1 aromatic rings. The molecule has 1 aliphatic rings. The molecule has 0 spiro atoms. The molecule has 116 valence electrons. The first kappa shape index (κ1) is 15.8. The number of rotatable bonds is 1. The fourth-order valence-electron chi connectivity index (χ4n) is 2.50. The summed E-state index contributed by atoms with van der Waals surface area (Å²) in [5, 5.41) is 0. The first-order chi connectivity index (χ1) is 9.70. The Balaban J connectivity index is 2.15. The lowest BCUT2D eigenvalue weighted by Crippen LogP contribution is -2.51. The number of nitrogens with zero attached hydrogens (tertiary/aromatic N) is 1. The first-order valence-corrected chi connectivity index (χ1v) is 7.39. The Bertz CT molecular complexity index is 521. The van der Waals surface area contributed by atoms with Crippen LogP contribution in [-0.4, -0.2) is 36.3 Å². The fourth-order valence-corrected chi connectivity index (χ4v) is 2.50. The highest BCUT2D eigenvalue weighted by atomic mass is 16.6. The van der Waals surface area contributed by atoms with Gasteiger partial charge in [-0.05, 0) is 40.2 Å². The van der Waals surface area contributed by atoms with E-state index in [-0.39, 0.29) is 6.09 Å². The molecule has 1 fully saturated rings. The maximum Gasteiger partial charge on any atom is 0.410 e. The molecule has 1 unspecified atom stereocenters. The van der Waals surface area contributed by atoms with Crippen LogP contribution in [0.15, 0.2) is 24.3 Å². The molecule has 1 atom stereocenters. The molecule has 0 radical (unpaired) electrons. The molecule has 2 rings (SSSR count). The van der Waals surface area contributed by atoms with Crippen LogP contribution >= 0.6 is 0 Å². The lowest BCUT2D eigenvalue weighted by atomic mass is 9.93. The molecule has 4 heteroatoms. The molecule has 1 heterocycles. The summed E-state index contributed by atoms with van der Waals surface area (Å²) in [5.41, 5.74) is 1.32. The van der Waals surface area contributed by atoms with Crippen molar-refractivity contribution in [1.82, 2.24) is 4.90 Å². The van der Waals surface area contributed by atoms with Crippen LogP contribution in [0.1, 0.15) is 38.8 Å². The van der Waals surface area contributed by atoms with E-state index in [1.165, 1.54) is 5.56 Å². The van der Waals surface area contributed by atoms with Crippen molar-refractivity contribution in [2.75, 3.05) is 19.7 Å². The molecule has 0 bridgehead atoms. The molecule has 1 saturated heterocycles. The number of carbonyl (C=O) groups excluding carboxylic acids is 1. The number of hydrogen-bond acceptors (Lipinski definition) is 3. The van der Waals surface area contributed by atoms with Crippen LogP contribution < -0.4 is 0 Å². The van der Waals surface area contributed by atoms with Crippen LogP contribution in [0.2, 0.25) is 0 Å². The lowest BCUT2D eigenvalue weighted by molar-refractivity contribution is -0.103. The smallest absolute Gasteiger partial charge is 0.410 e. The Morgan fingerprint density at radius 2 is 2.10 bits per heavy atom. The number of aryl methyl sites for hydroxylation is 1. The predicted octanol–water partition coefficient (Wildman–Crippen LogP) is 3.48. The molecule has 1 aromatic carbocycles. The summed E-state index contributed by atoms with van der Waals surface area (Å²) in [6.07, 6.45) is -0.273. The Labute approximate surface area is 127 Å². The van der Waals surface area contributed by atoms with Crippen molar-refractivity contribution in [1.29, 1.82) is 0 Å². The Hall–Kier alpha value is -1.55. The summed E-state index contributed by atoms with van der Waals surface area (Å²) in [5.74, 6) is 0. The number of amides is 1. The number of hydrogen-bond donors (Lipinski definition) is 0. The molecule has 4 nitrogen and oxygen atoms in total. The molecular formula is C17H25NO3. The highest BCUT2D eigenvalue weighted by molar-refractivity contribution is 5.68. The third kappa shape index (κ3) is 3.97. The predicted molar refractivity (Wildman–Crippen MR) is 82.3 cm³/mol. The van der Waals surface area contributed by atoms with E-state index in [1.807, 2.05) is 39.8 Å².